The van der Waals surface area contributed by atoms with Crippen molar-refractivity contribution in [2.45, 2.75) is 18.2 Å². The lowest BCUT2D eigenvalue weighted by atomic mass is 10.1. The first-order chi connectivity index (χ1) is 3.68. The van der Waals surface area contributed by atoms with Crippen molar-refractivity contribution in [3.8, 4) is 0 Å². The van der Waals surface area contributed by atoms with Gasteiger partial charge in [0.15, 0.2) is 4.87 Å². The molecule has 0 spiro atoms. The average molecular weight is 135 g/mol. The molecule has 0 fully saturated rings. The van der Waals surface area contributed by atoms with E-state index in [1.807, 2.05) is 0 Å². The molecule has 0 amide bonds. The fourth-order valence-electron chi connectivity index (χ4n) is 0.194. The molecule has 0 rings (SSSR count). The molecular formula is C5H7ClO2. The van der Waals surface area contributed by atoms with Gasteiger partial charge in [-0.2, -0.15) is 0 Å². The highest BCUT2D eigenvalue weighted by molar-refractivity contribution is 6.39. The number of alkyl halides is 1. The molecule has 0 saturated carbocycles. The molecular weight excluding hydrogens is 128 g/mol. The molecule has 0 saturated heterocycles. The first-order valence-electron chi connectivity index (χ1n) is 2.30. The van der Waals surface area contributed by atoms with Gasteiger partial charge in [0.1, 0.15) is 12.6 Å². The Hall–Kier alpha value is -0.370. The minimum absolute atomic E-state index is 0.349. The quantitative estimate of drug-likeness (QED) is 0.325. The highest BCUT2D eigenvalue weighted by Crippen LogP contribution is 2.11. The van der Waals surface area contributed by atoms with E-state index >= 15 is 0 Å². The Morgan fingerprint density at radius 3 is 1.88 bits per heavy atom. The molecule has 0 aromatic carbocycles. The van der Waals surface area contributed by atoms with Crippen molar-refractivity contribution >= 4 is 24.2 Å². The van der Waals surface area contributed by atoms with E-state index in [2.05, 4.69) is 0 Å². The highest BCUT2D eigenvalue weighted by Gasteiger charge is 2.22. The fraction of sp³-hybridized carbons (Fsp3) is 0.600. The molecule has 0 aromatic heterocycles. The van der Waals surface area contributed by atoms with Crippen LogP contribution in [-0.4, -0.2) is 17.4 Å². The van der Waals surface area contributed by atoms with Crippen molar-refractivity contribution in [2.24, 2.45) is 0 Å². The number of aldehydes is 2. The molecule has 0 N–H and O–H groups in total. The van der Waals surface area contributed by atoms with Gasteiger partial charge in [0, 0.05) is 0 Å². The third kappa shape index (κ3) is 1.62. The van der Waals surface area contributed by atoms with Crippen LogP contribution in [0.1, 0.15) is 13.3 Å². The normalized spacial score (nSPS) is 10.8. The van der Waals surface area contributed by atoms with E-state index in [0.29, 0.717) is 19.0 Å². The van der Waals surface area contributed by atoms with Crippen molar-refractivity contribution in [1.82, 2.24) is 0 Å². The standard InChI is InChI=1S/C5H7ClO2/c1-2-5(6,3-7)4-8/h3-4H,2H2,1H3. The van der Waals surface area contributed by atoms with Gasteiger partial charge in [0.25, 0.3) is 0 Å². The second kappa shape index (κ2) is 2.82. The third-order valence-electron chi connectivity index (χ3n) is 0.934. The Morgan fingerprint density at radius 1 is 1.50 bits per heavy atom. The Kier molecular flexibility index (Phi) is 2.69. The van der Waals surface area contributed by atoms with Gasteiger partial charge in [-0.1, -0.05) is 6.92 Å². The average Bonchev–Trinajstić information content (AvgIpc) is 1.87. The zero-order chi connectivity index (χ0) is 6.62. The Labute approximate surface area is 52.8 Å². The van der Waals surface area contributed by atoms with Crippen molar-refractivity contribution in [3.63, 3.8) is 0 Å². The number of hydrogen-bond donors (Lipinski definition) is 0. The first kappa shape index (κ1) is 7.63. The van der Waals surface area contributed by atoms with Gasteiger partial charge in [-0.25, -0.2) is 0 Å². The van der Waals surface area contributed by atoms with Crippen LogP contribution in [0.5, 0.6) is 0 Å². The van der Waals surface area contributed by atoms with Crippen LogP contribution in [0, 0.1) is 0 Å². The van der Waals surface area contributed by atoms with E-state index in [0.717, 1.165) is 0 Å². The lowest BCUT2D eigenvalue weighted by Gasteiger charge is -2.05. The van der Waals surface area contributed by atoms with Gasteiger partial charge in [0.2, 0.25) is 0 Å². The van der Waals surface area contributed by atoms with E-state index in [9.17, 15) is 9.59 Å². The third-order valence-corrected chi connectivity index (χ3v) is 1.38. The molecule has 0 heterocycles. The molecule has 0 atom stereocenters. The van der Waals surface area contributed by atoms with Crippen molar-refractivity contribution in [1.29, 1.82) is 0 Å². The van der Waals surface area contributed by atoms with Crippen LogP contribution in [0.4, 0.5) is 0 Å². The number of carbonyl (C=O) groups is 2. The van der Waals surface area contributed by atoms with Crippen LogP contribution < -0.4 is 0 Å². The molecule has 0 bridgehead atoms. The van der Waals surface area contributed by atoms with Crippen LogP contribution >= 0.6 is 11.6 Å². The minimum Gasteiger partial charge on any atom is -0.301 e. The molecule has 0 aliphatic rings. The van der Waals surface area contributed by atoms with Gasteiger partial charge in [0.05, 0.1) is 0 Å². The van der Waals surface area contributed by atoms with Crippen molar-refractivity contribution in [2.75, 3.05) is 0 Å². The summed E-state index contributed by atoms with van der Waals surface area (Å²) in [6, 6.07) is 0. The summed E-state index contributed by atoms with van der Waals surface area (Å²) in [6.07, 6.45) is 1.24. The molecule has 0 unspecified atom stereocenters. The number of halogens is 1. The summed E-state index contributed by atoms with van der Waals surface area (Å²) < 4.78 is 0. The first-order valence-corrected chi connectivity index (χ1v) is 2.68. The van der Waals surface area contributed by atoms with Gasteiger partial charge in [-0.15, -0.1) is 11.6 Å². The van der Waals surface area contributed by atoms with Gasteiger partial charge < -0.3 is 9.59 Å². The number of carbonyl (C=O) groups excluding carboxylic acids is 2. The Morgan fingerprint density at radius 2 is 1.88 bits per heavy atom. The van der Waals surface area contributed by atoms with Crippen LogP contribution in [0.3, 0.4) is 0 Å². The van der Waals surface area contributed by atoms with Gasteiger partial charge in [-0.3, -0.25) is 0 Å². The van der Waals surface area contributed by atoms with Crippen molar-refractivity contribution < 1.29 is 9.59 Å². The van der Waals surface area contributed by atoms with E-state index < -0.39 is 4.87 Å². The molecule has 8 heavy (non-hydrogen) atoms. The predicted molar refractivity (Wildman–Crippen MR) is 31.0 cm³/mol. The summed E-state index contributed by atoms with van der Waals surface area (Å²) in [6.45, 7) is 1.68. The van der Waals surface area contributed by atoms with Crippen LogP contribution in [0.25, 0.3) is 0 Å². The summed E-state index contributed by atoms with van der Waals surface area (Å²) in [5, 5.41) is 0. The summed E-state index contributed by atoms with van der Waals surface area (Å²) >= 11 is 5.36. The summed E-state index contributed by atoms with van der Waals surface area (Å²) in [5.74, 6) is 0. The molecule has 2 nitrogen and oxygen atoms in total. The lowest BCUT2D eigenvalue weighted by Crippen LogP contribution is -2.23. The van der Waals surface area contributed by atoms with E-state index in [1.165, 1.54) is 0 Å². The second-order valence-corrected chi connectivity index (χ2v) is 2.22. The zero-order valence-electron chi connectivity index (χ0n) is 4.56. The molecule has 0 radical (unpaired) electrons. The smallest absolute Gasteiger partial charge is 0.154 e. The Bertz CT molecular complexity index is 92.6. The fourth-order valence-corrected chi connectivity index (χ4v) is 0.194. The predicted octanol–water partition coefficient (Wildman–Crippen LogP) is 0.772. The maximum absolute atomic E-state index is 9.93. The summed E-state index contributed by atoms with van der Waals surface area (Å²) in [5.41, 5.74) is 0. The van der Waals surface area contributed by atoms with Gasteiger partial charge in [-0.05, 0) is 6.42 Å². The summed E-state index contributed by atoms with van der Waals surface area (Å²) in [7, 11) is 0. The van der Waals surface area contributed by atoms with E-state index in [1.54, 1.807) is 6.92 Å². The SMILES string of the molecule is CCC(Cl)(C=O)C=O. The Balaban J connectivity index is 3.96. The van der Waals surface area contributed by atoms with Crippen molar-refractivity contribution in [3.05, 3.63) is 0 Å². The maximum atomic E-state index is 9.93. The second-order valence-electron chi connectivity index (χ2n) is 1.52. The molecule has 0 aliphatic heterocycles. The maximum Gasteiger partial charge on any atom is 0.154 e. The topological polar surface area (TPSA) is 34.1 Å². The molecule has 0 aromatic rings. The lowest BCUT2D eigenvalue weighted by molar-refractivity contribution is -0.117. The van der Waals surface area contributed by atoms with E-state index in [-0.39, 0.29) is 0 Å². The van der Waals surface area contributed by atoms with Crippen LogP contribution in [0.2, 0.25) is 0 Å². The van der Waals surface area contributed by atoms with Gasteiger partial charge >= 0.3 is 0 Å². The number of rotatable bonds is 3. The molecule has 3 heteroatoms. The minimum atomic E-state index is -1.26. The summed E-state index contributed by atoms with van der Waals surface area (Å²) in [4.78, 5) is 18.6. The molecule has 0 aliphatic carbocycles. The highest BCUT2D eigenvalue weighted by atomic mass is 35.5. The molecule has 46 valence electrons. The van der Waals surface area contributed by atoms with E-state index in [4.69, 9.17) is 11.6 Å². The van der Waals surface area contributed by atoms with Crippen LogP contribution in [-0.2, 0) is 9.59 Å². The van der Waals surface area contributed by atoms with Crippen LogP contribution in [0.15, 0.2) is 0 Å². The monoisotopic (exact) mass is 134 g/mol. The number of hydrogen-bond acceptors (Lipinski definition) is 2. The zero-order valence-corrected chi connectivity index (χ0v) is 5.31. The largest absolute Gasteiger partial charge is 0.301 e.